The van der Waals surface area contributed by atoms with E-state index < -0.39 is 0 Å². The maximum atomic E-state index is 5.79. The van der Waals surface area contributed by atoms with Crippen LogP contribution in [0.3, 0.4) is 0 Å². The van der Waals surface area contributed by atoms with Crippen LogP contribution in [0.4, 0.5) is 0 Å². The van der Waals surface area contributed by atoms with Gasteiger partial charge in [0.25, 0.3) is 0 Å². The third-order valence-corrected chi connectivity index (χ3v) is 6.47. The van der Waals surface area contributed by atoms with Crippen molar-refractivity contribution < 1.29 is 4.74 Å². The molecule has 3 fully saturated rings. The minimum absolute atomic E-state index is 0.422. The van der Waals surface area contributed by atoms with E-state index in [1.165, 1.54) is 64.6 Å². The van der Waals surface area contributed by atoms with Gasteiger partial charge in [0.05, 0.1) is 6.61 Å². The Morgan fingerprint density at radius 3 is 2.87 bits per heavy atom. The molecule has 0 amide bonds. The van der Waals surface area contributed by atoms with Crippen molar-refractivity contribution in [2.24, 2.45) is 11.8 Å². The van der Waals surface area contributed by atoms with Gasteiger partial charge >= 0.3 is 0 Å². The summed E-state index contributed by atoms with van der Waals surface area (Å²) < 4.78 is 5.79. The number of ether oxygens (including phenoxy) is 1. The minimum atomic E-state index is 0.422. The van der Waals surface area contributed by atoms with Gasteiger partial charge in [-0.05, 0) is 86.9 Å². The number of benzene rings is 1. The zero-order valence-corrected chi connectivity index (χ0v) is 14.6. The highest BCUT2D eigenvalue weighted by molar-refractivity contribution is 5.36. The largest absolute Gasteiger partial charge is 0.494 e. The molecule has 0 N–H and O–H groups in total. The van der Waals surface area contributed by atoms with Gasteiger partial charge in [-0.1, -0.05) is 18.6 Å². The fourth-order valence-electron chi connectivity index (χ4n) is 5.18. The summed E-state index contributed by atoms with van der Waals surface area (Å²) >= 11 is 0. The predicted molar refractivity (Wildman–Crippen MR) is 95.0 cm³/mol. The molecule has 0 bridgehead atoms. The third-order valence-electron chi connectivity index (χ3n) is 6.47. The lowest BCUT2D eigenvalue weighted by Gasteiger charge is -2.36. The Morgan fingerprint density at radius 1 is 1.17 bits per heavy atom. The average Bonchev–Trinajstić information content (AvgIpc) is 3.31. The Hall–Kier alpha value is -1.02. The zero-order chi connectivity index (χ0) is 15.7. The number of rotatable bonds is 5. The molecule has 2 nitrogen and oxygen atoms in total. The zero-order valence-electron chi connectivity index (χ0n) is 14.6. The van der Waals surface area contributed by atoms with Crippen LogP contribution in [0.15, 0.2) is 24.3 Å². The van der Waals surface area contributed by atoms with E-state index in [1.807, 2.05) is 0 Å². The van der Waals surface area contributed by atoms with E-state index in [1.54, 1.807) is 5.56 Å². The van der Waals surface area contributed by atoms with Crippen LogP contribution in [-0.4, -0.2) is 31.1 Å². The Balaban J connectivity index is 1.58. The highest BCUT2D eigenvalue weighted by Gasteiger charge is 2.46. The number of likely N-dealkylation sites (tertiary alicyclic amines) is 1. The number of hydrogen-bond donors (Lipinski definition) is 0. The van der Waals surface area contributed by atoms with Crippen LogP contribution in [-0.2, 0) is 5.41 Å². The summed E-state index contributed by atoms with van der Waals surface area (Å²) in [6.45, 7) is 6.85. The molecule has 1 aliphatic heterocycles. The molecule has 2 aliphatic carbocycles. The summed E-state index contributed by atoms with van der Waals surface area (Å²) in [5.74, 6) is 2.93. The van der Waals surface area contributed by atoms with E-state index in [0.717, 1.165) is 24.2 Å². The molecule has 0 aromatic heterocycles. The van der Waals surface area contributed by atoms with Gasteiger partial charge in [-0.15, -0.1) is 0 Å². The van der Waals surface area contributed by atoms with Crippen LogP contribution in [0.25, 0.3) is 0 Å². The second-order valence-electron chi connectivity index (χ2n) is 8.01. The molecule has 2 saturated carbocycles. The highest BCUT2D eigenvalue weighted by atomic mass is 16.5. The van der Waals surface area contributed by atoms with Crippen LogP contribution >= 0.6 is 0 Å². The van der Waals surface area contributed by atoms with E-state index in [9.17, 15) is 0 Å². The van der Waals surface area contributed by atoms with E-state index in [-0.39, 0.29) is 0 Å². The molecule has 0 radical (unpaired) electrons. The summed E-state index contributed by atoms with van der Waals surface area (Å²) in [4.78, 5) is 2.79. The Labute approximate surface area is 141 Å². The van der Waals surface area contributed by atoms with Crippen molar-refractivity contribution in [3.8, 4) is 5.75 Å². The van der Waals surface area contributed by atoms with Gasteiger partial charge in [0.1, 0.15) is 5.75 Å². The molecule has 126 valence electrons. The molecule has 1 heterocycles. The van der Waals surface area contributed by atoms with E-state index in [4.69, 9.17) is 4.74 Å². The van der Waals surface area contributed by atoms with Crippen LogP contribution in [0.5, 0.6) is 5.75 Å². The Bertz CT molecular complexity index is 538. The second-order valence-corrected chi connectivity index (χ2v) is 8.01. The highest BCUT2D eigenvalue weighted by Crippen LogP contribution is 2.51. The molecule has 0 spiro atoms. The lowest BCUT2D eigenvalue weighted by atomic mass is 9.69. The van der Waals surface area contributed by atoms with Crippen molar-refractivity contribution in [2.75, 3.05) is 26.2 Å². The molecular weight excluding hydrogens is 282 g/mol. The van der Waals surface area contributed by atoms with Gasteiger partial charge in [0.2, 0.25) is 0 Å². The molecule has 2 atom stereocenters. The molecule has 1 aromatic carbocycles. The molecule has 4 rings (SSSR count). The van der Waals surface area contributed by atoms with Crippen molar-refractivity contribution in [3.63, 3.8) is 0 Å². The van der Waals surface area contributed by atoms with Crippen LogP contribution < -0.4 is 4.74 Å². The van der Waals surface area contributed by atoms with Gasteiger partial charge in [0.15, 0.2) is 0 Å². The number of fused-ring (bicyclic) bond motifs is 1. The predicted octanol–water partition coefficient (Wildman–Crippen LogP) is 4.63. The van der Waals surface area contributed by atoms with Crippen LogP contribution in [0, 0.1) is 11.8 Å². The average molecular weight is 313 g/mol. The first-order chi connectivity index (χ1) is 11.3. The summed E-state index contributed by atoms with van der Waals surface area (Å²) in [5.41, 5.74) is 1.98. The lowest BCUT2D eigenvalue weighted by molar-refractivity contribution is 0.214. The van der Waals surface area contributed by atoms with E-state index in [0.29, 0.717) is 5.41 Å². The molecule has 2 heteroatoms. The molecule has 2 unspecified atom stereocenters. The van der Waals surface area contributed by atoms with Crippen LogP contribution in [0.2, 0.25) is 0 Å². The first-order valence-corrected chi connectivity index (χ1v) is 9.76. The van der Waals surface area contributed by atoms with E-state index >= 15 is 0 Å². The fraction of sp³-hybridized carbons (Fsp3) is 0.714. The Morgan fingerprint density at radius 2 is 2.04 bits per heavy atom. The van der Waals surface area contributed by atoms with Crippen molar-refractivity contribution in [1.29, 1.82) is 0 Å². The molecular formula is C21H31NO. The van der Waals surface area contributed by atoms with Gasteiger partial charge in [0, 0.05) is 13.1 Å². The van der Waals surface area contributed by atoms with Crippen molar-refractivity contribution in [3.05, 3.63) is 29.8 Å². The summed E-state index contributed by atoms with van der Waals surface area (Å²) in [7, 11) is 0. The van der Waals surface area contributed by atoms with Gasteiger partial charge in [-0.25, -0.2) is 0 Å². The molecule has 1 saturated heterocycles. The maximum absolute atomic E-state index is 5.79. The summed E-state index contributed by atoms with van der Waals surface area (Å²) in [6.07, 6.45) is 9.88. The smallest absolute Gasteiger partial charge is 0.119 e. The number of nitrogens with zero attached hydrogens (tertiary/aromatic N) is 1. The topological polar surface area (TPSA) is 12.5 Å². The minimum Gasteiger partial charge on any atom is -0.494 e. The maximum Gasteiger partial charge on any atom is 0.119 e. The normalized spacial score (nSPS) is 31.6. The quantitative estimate of drug-likeness (QED) is 0.786. The summed E-state index contributed by atoms with van der Waals surface area (Å²) in [6, 6.07) is 9.04. The molecule has 23 heavy (non-hydrogen) atoms. The van der Waals surface area contributed by atoms with Crippen molar-refractivity contribution >= 4 is 0 Å². The van der Waals surface area contributed by atoms with E-state index in [2.05, 4.69) is 36.1 Å². The van der Waals surface area contributed by atoms with Gasteiger partial charge < -0.3 is 9.64 Å². The molecule has 3 aliphatic rings. The summed E-state index contributed by atoms with van der Waals surface area (Å²) in [5, 5.41) is 0. The molecule has 1 aromatic rings. The van der Waals surface area contributed by atoms with Crippen LogP contribution in [0.1, 0.15) is 57.4 Å². The van der Waals surface area contributed by atoms with Gasteiger partial charge in [-0.2, -0.15) is 0 Å². The third kappa shape index (κ3) is 3.15. The number of hydrogen-bond acceptors (Lipinski definition) is 2. The first kappa shape index (κ1) is 15.5. The van der Waals surface area contributed by atoms with Gasteiger partial charge in [-0.3, -0.25) is 0 Å². The Kier molecular flexibility index (Phi) is 4.36. The fourth-order valence-corrected chi connectivity index (χ4v) is 5.18. The SMILES string of the molecule is CCOc1cccc(C23CCCC2CN(CC2CC2)CCC3)c1. The standard InChI is InChI=1S/C21H31NO/c1-2-23-20-8-3-6-18(14-20)21-11-4-7-19(21)16-22(13-5-12-21)15-17-9-10-17/h3,6,8,14,17,19H,2,4-5,7,9-13,15-16H2,1H3. The van der Waals surface area contributed by atoms with Crippen molar-refractivity contribution in [1.82, 2.24) is 4.90 Å². The lowest BCUT2D eigenvalue weighted by Crippen LogP contribution is -2.36. The monoisotopic (exact) mass is 313 g/mol. The van der Waals surface area contributed by atoms with Crippen molar-refractivity contribution in [2.45, 2.75) is 57.3 Å². The first-order valence-electron chi connectivity index (χ1n) is 9.76. The second kappa shape index (κ2) is 6.47.